The summed E-state index contributed by atoms with van der Waals surface area (Å²) < 4.78 is 5.43. The number of ether oxygens (including phenoxy) is 1. The van der Waals surface area contributed by atoms with E-state index in [2.05, 4.69) is 4.99 Å². The Hall–Kier alpha value is -1.06. The molecule has 4 heteroatoms. The molecule has 1 heterocycles. The van der Waals surface area contributed by atoms with Gasteiger partial charge in [0.1, 0.15) is 12.6 Å². The Bertz CT molecular complexity index is 361. The van der Waals surface area contributed by atoms with Crippen LogP contribution in [0.25, 0.3) is 0 Å². The molecule has 0 aliphatic carbocycles. The Balaban J connectivity index is 2.10. The van der Waals surface area contributed by atoms with Gasteiger partial charge in [0.15, 0.2) is 5.90 Å². The van der Waals surface area contributed by atoms with Gasteiger partial charge in [0.05, 0.1) is 0 Å². The van der Waals surface area contributed by atoms with Crippen molar-refractivity contribution in [1.29, 1.82) is 0 Å². The summed E-state index contributed by atoms with van der Waals surface area (Å²) in [7, 11) is 0. The average molecular weight is 225 g/mol. The Morgan fingerprint density at radius 1 is 1.40 bits per heavy atom. The Kier molecular flexibility index (Phi) is 3.23. The van der Waals surface area contributed by atoms with E-state index in [-0.39, 0.29) is 6.04 Å². The maximum absolute atomic E-state index is 5.81. The van der Waals surface area contributed by atoms with Gasteiger partial charge in [-0.05, 0) is 17.7 Å². The minimum absolute atomic E-state index is 0.101. The van der Waals surface area contributed by atoms with Gasteiger partial charge in [0.2, 0.25) is 0 Å². The molecule has 0 radical (unpaired) electrons. The van der Waals surface area contributed by atoms with E-state index in [1.54, 1.807) is 0 Å². The van der Waals surface area contributed by atoms with Crippen LogP contribution in [0, 0.1) is 0 Å². The smallest absolute Gasteiger partial charge is 0.185 e. The molecule has 2 rings (SSSR count). The molecule has 0 aromatic heterocycles. The van der Waals surface area contributed by atoms with Crippen LogP contribution in [-0.2, 0) is 4.74 Å². The number of aliphatic imine (C=N–C) groups is 1. The van der Waals surface area contributed by atoms with Crippen LogP contribution in [0.4, 0.5) is 0 Å². The maximum Gasteiger partial charge on any atom is 0.185 e. The van der Waals surface area contributed by atoms with Crippen LogP contribution in [0.5, 0.6) is 0 Å². The first kappa shape index (κ1) is 10.5. The van der Waals surface area contributed by atoms with Crippen LogP contribution >= 0.6 is 11.6 Å². The predicted octanol–water partition coefficient (Wildman–Crippen LogP) is 2.16. The van der Waals surface area contributed by atoms with E-state index in [1.807, 2.05) is 24.3 Å². The second kappa shape index (κ2) is 4.64. The Labute approximate surface area is 93.9 Å². The number of nitrogens with zero attached hydrogens (tertiary/aromatic N) is 1. The number of halogens is 1. The van der Waals surface area contributed by atoms with Crippen LogP contribution in [0.2, 0.25) is 5.02 Å². The van der Waals surface area contributed by atoms with Gasteiger partial charge in [0.25, 0.3) is 0 Å². The standard InChI is InChI=1S/C11H13ClN2O/c12-9-3-1-8(2-4-9)10-7-15-11(14-10)5-6-13/h1-4,10H,5-7,13H2. The largest absolute Gasteiger partial charge is 0.478 e. The quantitative estimate of drug-likeness (QED) is 0.856. The summed E-state index contributed by atoms with van der Waals surface area (Å²) in [6.45, 7) is 1.18. The molecule has 1 aliphatic rings. The predicted molar refractivity (Wildman–Crippen MR) is 61.3 cm³/mol. The minimum Gasteiger partial charge on any atom is -0.478 e. The molecule has 1 aromatic carbocycles. The molecule has 0 fully saturated rings. The van der Waals surface area contributed by atoms with Gasteiger partial charge in [-0.1, -0.05) is 23.7 Å². The van der Waals surface area contributed by atoms with Crippen LogP contribution in [0.15, 0.2) is 29.3 Å². The van der Waals surface area contributed by atoms with Gasteiger partial charge in [-0.15, -0.1) is 0 Å². The molecular weight excluding hydrogens is 212 g/mol. The van der Waals surface area contributed by atoms with Crippen LogP contribution in [0.3, 0.4) is 0 Å². The molecular formula is C11H13ClN2O. The highest BCUT2D eigenvalue weighted by molar-refractivity contribution is 6.30. The minimum atomic E-state index is 0.101. The van der Waals surface area contributed by atoms with Gasteiger partial charge in [-0.2, -0.15) is 0 Å². The number of hydrogen-bond donors (Lipinski definition) is 1. The average Bonchev–Trinajstić information content (AvgIpc) is 2.68. The van der Waals surface area contributed by atoms with Crippen molar-refractivity contribution in [3.8, 4) is 0 Å². The first-order chi connectivity index (χ1) is 7.29. The summed E-state index contributed by atoms with van der Waals surface area (Å²) in [5.41, 5.74) is 6.56. The zero-order chi connectivity index (χ0) is 10.7. The third-order valence-corrected chi connectivity index (χ3v) is 2.57. The first-order valence-electron chi connectivity index (χ1n) is 4.94. The van der Waals surface area contributed by atoms with Crippen LogP contribution in [0.1, 0.15) is 18.0 Å². The zero-order valence-electron chi connectivity index (χ0n) is 8.32. The Morgan fingerprint density at radius 2 is 2.13 bits per heavy atom. The zero-order valence-corrected chi connectivity index (χ0v) is 9.07. The lowest BCUT2D eigenvalue weighted by Gasteiger charge is -2.04. The highest BCUT2D eigenvalue weighted by Gasteiger charge is 2.19. The van der Waals surface area contributed by atoms with Crippen molar-refractivity contribution in [3.05, 3.63) is 34.9 Å². The molecule has 80 valence electrons. The second-order valence-electron chi connectivity index (χ2n) is 3.44. The molecule has 1 aliphatic heterocycles. The van der Waals surface area contributed by atoms with E-state index < -0.39 is 0 Å². The van der Waals surface area contributed by atoms with E-state index in [0.717, 1.165) is 16.5 Å². The fourth-order valence-corrected chi connectivity index (χ4v) is 1.67. The summed E-state index contributed by atoms with van der Waals surface area (Å²) >= 11 is 5.81. The molecule has 0 amide bonds. The van der Waals surface area contributed by atoms with Crippen molar-refractivity contribution >= 4 is 17.5 Å². The van der Waals surface area contributed by atoms with E-state index in [9.17, 15) is 0 Å². The highest BCUT2D eigenvalue weighted by Crippen LogP contribution is 2.24. The van der Waals surface area contributed by atoms with Crippen molar-refractivity contribution in [3.63, 3.8) is 0 Å². The topological polar surface area (TPSA) is 47.6 Å². The van der Waals surface area contributed by atoms with Crippen LogP contribution in [-0.4, -0.2) is 19.0 Å². The lowest BCUT2D eigenvalue weighted by Crippen LogP contribution is -2.07. The number of rotatable bonds is 3. The molecule has 15 heavy (non-hydrogen) atoms. The molecule has 3 nitrogen and oxygen atoms in total. The highest BCUT2D eigenvalue weighted by atomic mass is 35.5. The number of hydrogen-bond acceptors (Lipinski definition) is 3. The summed E-state index contributed by atoms with van der Waals surface area (Å²) in [6.07, 6.45) is 0.712. The third kappa shape index (κ3) is 2.49. The lowest BCUT2D eigenvalue weighted by molar-refractivity contribution is 0.312. The third-order valence-electron chi connectivity index (χ3n) is 2.32. The summed E-state index contributed by atoms with van der Waals surface area (Å²) in [5.74, 6) is 0.762. The summed E-state index contributed by atoms with van der Waals surface area (Å²) in [4.78, 5) is 4.45. The number of nitrogens with two attached hydrogens (primary N) is 1. The molecule has 0 saturated heterocycles. The monoisotopic (exact) mass is 224 g/mol. The Morgan fingerprint density at radius 3 is 2.80 bits per heavy atom. The molecule has 1 unspecified atom stereocenters. The van der Waals surface area contributed by atoms with Crippen molar-refractivity contribution < 1.29 is 4.74 Å². The molecule has 0 bridgehead atoms. The summed E-state index contributed by atoms with van der Waals surface area (Å²) in [5, 5.41) is 0.740. The fraction of sp³-hybridized carbons (Fsp3) is 0.364. The van der Waals surface area contributed by atoms with E-state index >= 15 is 0 Å². The SMILES string of the molecule is NCCC1=NC(c2ccc(Cl)cc2)CO1. The van der Waals surface area contributed by atoms with Gasteiger partial charge < -0.3 is 10.5 Å². The molecule has 0 saturated carbocycles. The first-order valence-corrected chi connectivity index (χ1v) is 5.32. The number of benzene rings is 1. The molecule has 1 aromatic rings. The summed E-state index contributed by atoms with van der Waals surface area (Å²) in [6, 6.07) is 7.79. The van der Waals surface area contributed by atoms with Crippen molar-refractivity contribution in [2.24, 2.45) is 10.7 Å². The van der Waals surface area contributed by atoms with E-state index in [4.69, 9.17) is 22.1 Å². The fourth-order valence-electron chi connectivity index (χ4n) is 1.54. The molecule has 0 spiro atoms. The van der Waals surface area contributed by atoms with Gasteiger partial charge in [-0.3, -0.25) is 0 Å². The van der Waals surface area contributed by atoms with E-state index in [1.165, 1.54) is 0 Å². The molecule has 2 N–H and O–H groups in total. The van der Waals surface area contributed by atoms with Crippen molar-refractivity contribution in [2.45, 2.75) is 12.5 Å². The maximum atomic E-state index is 5.81. The normalized spacial score (nSPS) is 19.9. The lowest BCUT2D eigenvalue weighted by atomic mass is 10.1. The van der Waals surface area contributed by atoms with Crippen molar-refractivity contribution in [2.75, 3.05) is 13.2 Å². The van der Waals surface area contributed by atoms with Gasteiger partial charge in [-0.25, -0.2) is 4.99 Å². The van der Waals surface area contributed by atoms with Crippen molar-refractivity contribution in [1.82, 2.24) is 0 Å². The molecule has 1 atom stereocenters. The van der Waals surface area contributed by atoms with Crippen LogP contribution < -0.4 is 5.73 Å². The van der Waals surface area contributed by atoms with E-state index in [0.29, 0.717) is 19.6 Å². The second-order valence-corrected chi connectivity index (χ2v) is 3.88. The van der Waals surface area contributed by atoms with Gasteiger partial charge >= 0.3 is 0 Å². The van der Waals surface area contributed by atoms with Gasteiger partial charge in [0, 0.05) is 18.0 Å².